The van der Waals surface area contributed by atoms with Crippen LogP contribution in [0.5, 0.6) is 0 Å². The zero-order valence-electron chi connectivity index (χ0n) is 10.3. The van der Waals surface area contributed by atoms with Crippen LogP contribution in [0.3, 0.4) is 0 Å². The first-order valence-corrected chi connectivity index (χ1v) is 7.35. The average molecular weight is 285 g/mol. The first-order valence-electron chi connectivity index (χ1n) is 5.69. The number of aromatic nitrogens is 4. The summed E-state index contributed by atoms with van der Waals surface area (Å²) in [6, 6.07) is 0. The third-order valence-corrected chi connectivity index (χ3v) is 3.80. The van der Waals surface area contributed by atoms with Gasteiger partial charge < -0.3 is 16.0 Å². The predicted molar refractivity (Wildman–Crippen MR) is 72.0 cm³/mol. The third kappa shape index (κ3) is 3.29. The van der Waals surface area contributed by atoms with Gasteiger partial charge in [0.25, 0.3) is 0 Å². The standard InChI is InChI=1S/C9H15N7O2S/c1-2-14-19(17,18)4-3-11-7-6-8(13-5-12-6)16-9(10)15-7/h5,14H,2-4H2,1H3,(H4,10,11,12,13,15,16). The van der Waals surface area contributed by atoms with Crippen LogP contribution in [0.15, 0.2) is 6.33 Å². The highest BCUT2D eigenvalue weighted by Crippen LogP contribution is 2.16. The van der Waals surface area contributed by atoms with Gasteiger partial charge in [0.05, 0.1) is 12.1 Å². The van der Waals surface area contributed by atoms with E-state index in [0.717, 1.165) is 0 Å². The van der Waals surface area contributed by atoms with Crippen molar-refractivity contribution in [2.24, 2.45) is 0 Å². The molecule has 0 aliphatic carbocycles. The van der Waals surface area contributed by atoms with Crippen molar-refractivity contribution in [2.75, 3.05) is 29.9 Å². The number of hydrogen-bond acceptors (Lipinski definition) is 7. The van der Waals surface area contributed by atoms with Crippen LogP contribution in [0.2, 0.25) is 0 Å². The van der Waals surface area contributed by atoms with Gasteiger partial charge in [-0.2, -0.15) is 9.97 Å². The molecule has 0 aromatic carbocycles. The monoisotopic (exact) mass is 285 g/mol. The molecule has 9 nitrogen and oxygen atoms in total. The number of rotatable bonds is 6. The lowest BCUT2D eigenvalue weighted by atomic mass is 10.5. The topological polar surface area (TPSA) is 139 Å². The van der Waals surface area contributed by atoms with E-state index in [0.29, 0.717) is 23.5 Å². The number of hydrogen-bond donors (Lipinski definition) is 4. The van der Waals surface area contributed by atoms with Gasteiger partial charge >= 0.3 is 0 Å². The Morgan fingerprint density at radius 2 is 2.21 bits per heavy atom. The SMILES string of the molecule is CCNS(=O)(=O)CCNc1nc(N)nc2nc[nH]c12. The van der Waals surface area contributed by atoms with Crippen molar-refractivity contribution in [1.29, 1.82) is 0 Å². The highest BCUT2D eigenvalue weighted by molar-refractivity contribution is 7.89. The van der Waals surface area contributed by atoms with E-state index in [2.05, 4.69) is 30.0 Å². The van der Waals surface area contributed by atoms with Gasteiger partial charge in [0.2, 0.25) is 16.0 Å². The number of nitrogens with zero attached hydrogens (tertiary/aromatic N) is 3. The van der Waals surface area contributed by atoms with Gasteiger partial charge in [-0.15, -0.1) is 0 Å². The molecular formula is C9H15N7O2S. The Hall–Kier alpha value is -1.94. The molecule has 0 spiro atoms. The lowest BCUT2D eigenvalue weighted by Gasteiger charge is -2.07. The van der Waals surface area contributed by atoms with Crippen LogP contribution < -0.4 is 15.8 Å². The Balaban J connectivity index is 2.08. The molecule has 0 amide bonds. The third-order valence-electron chi connectivity index (χ3n) is 2.33. The molecule has 10 heteroatoms. The molecule has 0 bridgehead atoms. The largest absolute Gasteiger partial charge is 0.368 e. The molecule has 0 saturated carbocycles. The van der Waals surface area contributed by atoms with Crippen LogP contribution in [0.25, 0.3) is 11.2 Å². The second-order valence-electron chi connectivity index (χ2n) is 3.78. The van der Waals surface area contributed by atoms with E-state index in [4.69, 9.17) is 5.73 Å². The summed E-state index contributed by atoms with van der Waals surface area (Å²) in [5, 5.41) is 2.91. The van der Waals surface area contributed by atoms with Crippen molar-refractivity contribution in [3.63, 3.8) is 0 Å². The summed E-state index contributed by atoms with van der Waals surface area (Å²) in [4.78, 5) is 14.8. The van der Waals surface area contributed by atoms with Crippen molar-refractivity contribution in [2.45, 2.75) is 6.92 Å². The van der Waals surface area contributed by atoms with Crippen LogP contribution in [0, 0.1) is 0 Å². The lowest BCUT2D eigenvalue weighted by Crippen LogP contribution is -2.29. The van der Waals surface area contributed by atoms with Crippen LogP contribution in [0.4, 0.5) is 11.8 Å². The molecule has 2 heterocycles. The average Bonchev–Trinajstić information content (AvgIpc) is 2.76. The molecule has 0 saturated heterocycles. The molecule has 104 valence electrons. The summed E-state index contributed by atoms with van der Waals surface area (Å²) < 4.78 is 25.4. The highest BCUT2D eigenvalue weighted by Gasteiger charge is 2.11. The van der Waals surface area contributed by atoms with E-state index >= 15 is 0 Å². The number of nitrogens with two attached hydrogens (primary N) is 1. The molecular weight excluding hydrogens is 270 g/mol. The first-order chi connectivity index (χ1) is 9.02. The van der Waals surface area contributed by atoms with E-state index < -0.39 is 10.0 Å². The number of aromatic amines is 1. The quantitative estimate of drug-likeness (QED) is 0.549. The summed E-state index contributed by atoms with van der Waals surface area (Å²) >= 11 is 0. The van der Waals surface area contributed by atoms with Crippen molar-refractivity contribution in [3.8, 4) is 0 Å². The predicted octanol–water partition coefficient (Wildman–Crippen LogP) is -0.714. The van der Waals surface area contributed by atoms with Crippen molar-refractivity contribution < 1.29 is 8.42 Å². The molecule has 0 aliphatic heterocycles. The number of fused-ring (bicyclic) bond motifs is 1. The number of nitrogens with one attached hydrogen (secondary N) is 3. The number of anilines is 2. The van der Waals surface area contributed by atoms with Crippen molar-refractivity contribution >= 4 is 33.0 Å². The van der Waals surface area contributed by atoms with Gasteiger partial charge in [-0.05, 0) is 0 Å². The minimum Gasteiger partial charge on any atom is -0.368 e. The summed E-state index contributed by atoms with van der Waals surface area (Å²) in [7, 11) is -3.26. The fourth-order valence-electron chi connectivity index (χ4n) is 1.57. The summed E-state index contributed by atoms with van der Waals surface area (Å²) in [6.07, 6.45) is 1.47. The van der Waals surface area contributed by atoms with Crippen LogP contribution >= 0.6 is 0 Å². The van der Waals surface area contributed by atoms with E-state index in [9.17, 15) is 8.42 Å². The Bertz CT molecular complexity index is 666. The zero-order valence-corrected chi connectivity index (χ0v) is 11.2. The fourth-order valence-corrected chi connectivity index (χ4v) is 2.53. The summed E-state index contributed by atoms with van der Waals surface area (Å²) in [5.74, 6) is 0.462. The minimum absolute atomic E-state index is 0.0552. The van der Waals surface area contributed by atoms with Gasteiger partial charge in [-0.1, -0.05) is 6.92 Å². The van der Waals surface area contributed by atoms with E-state index in [-0.39, 0.29) is 18.2 Å². The second kappa shape index (κ2) is 5.36. The van der Waals surface area contributed by atoms with Gasteiger partial charge in [0.15, 0.2) is 11.5 Å². The smallest absolute Gasteiger partial charge is 0.224 e. The Morgan fingerprint density at radius 3 is 2.95 bits per heavy atom. The number of H-pyrrole nitrogens is 1. The van der Waals surface area contributed by atoms with E-state index in [1.54, 1.807) is 6.92 Å². The van der Waals surface area contributed by atoms with Gasteiger partial charge in [-0.3, -0.25) is 0 Å². The maximum absolute atomic E-state index is 11.5. The number of sulfonamides is 1. The molecule has 0 aliphatic rings. The molecule has 2 aromatic rings. The normalized spacial score (nSPS) is 11.8. The number of imidazole rings is 1. The molecule has 0 atom stereocenters. The first kappa shape index (κ1) is 13.5. The highest BCUT2D eigenvalue weighted by atomic mass is 32.2. The summed E-state index contributed by atoms with van der Waals surface area (Å²) in [6.45, 7) is 2.30. The Labute approximate surface area is 110 Å². The van der Waals surface area contributed by atoms with Crippen molar-refractivity contribution in [3.05, 3.63) is 6.33 Å². The molecule has 0 fully saturated rings. The maximum atomic E-state index is 11.5. The van der Waals surface area contributed by atoms with Gasteiger partial charge in [0.1, 0.15) is 5.52 Å². The molecule has 19 heavy (non-hydrogen) atoms. The van der Waals surface area contributed by atoms with Crippen LogP contribution in [0.1, 0.15) is 6.92 Å². The Morgan fingerprint density at radius 1 is 1.42 bits per heavy atom. The molecule has 0 radical (unpaired) electrons. The molecule has 0 unspecified atom stereocenters. The minimum atomic E-state index is -3.26. The molecule has 2 aromatic heterocycles. The van der Waals surface area contributed by atoms with E-state index in [1.807, 2.05) is 0 Å². The van der Waals surface area contributed by atoms with E-state index in [1.165, 1.54) is 6.33 Å². The molecule has 5 N–H and O–H groups in total. The maximum Gasteiger partial charge on any atom is 0.224 e. The fraction of sp³-hybridized carbons (Fsp3) is 0.444. The van der Waals surface area contributed by atoms with Gasteiger partial charge in [0, 0.05) is 13.1 Å². The molecule has 2 rings (SSSR count). The van der Waals surface area contributed by atoms with Crippen LogP contribution in [-0.2, 0) is 10.0 Å². The Kier molecular flexibility index (Phi) is 3.81. The second-order valence-corrected chi connectivity index (χ2v) is 5.70. The van der Waals surface area contributed by atoms with Gasteiger partial charge in [-0.25, -0.2) is 18.1 Å². The summed E-state index contributed by atoms with van der Waals surface area (Å²) in [5.41, 5.74) is 6.57. The lowest BCUT2D eigenvalue weighted by molar-refractivity contribution is 0.584. The zero-order chi connectivity index (χ0) is 13.9. The number of nitrogen functional groups attached to an aromatic ring is 1. The van der Waals surface area contributed by atoms with Crippen molar-refractivity contribution in [1.82, 2.24) is 24.7 Å². The van der Waals surface area contributed by atoms with Crippen LogP contribution in [-0.4, -0.2) is 47.2 Å².